The van der Waals surface area contributed by atoms with Gasteiger partial charge in [0.1, 0.15) is 12.3 Å². The number of rotatable bonds is 5. The van der Waals surface area contributed by atoms with Gasteiger partial charge in [-0.3, -0.25) is 0 Å². The van der Waals surface area contributed by atoms with Crippen molar-refractivity contribution in [3.8, 4) is 5.75 Å². The minimum atomic E-state index is -0.262. The SMILES string of the molecule is CC[N+]([O-])(CC)Cc1cc(C(C)(C)C)cc(C23CC4CC(CC(C4)C2)C3)c1O. The molecule has 4 saturated carbocycles. The molecule has 0 heterocycles. The fraction of sp³-hybridized carbons (Fsp3) is 0.760. The average Bonchev–Trinajstić information content (AvgIpc) is 2.61. The van der Waals surface area contributed by atoms with Crippen LogP contribution in [0.25, 0.3) is 0 Å². The number of phenolic OH excluding ortho intramolecular Hbond substituents is 1. The molecule has 1 aromatic carbocycles. The van der Waals surface area contributed by atoms with Gasteiger partial charge in [0.05, 0.1) is 13.1 Å². The lowest BCUT2D eigenvalue weighted by Crippen LogP contribution is -2.48. The fourth-order valence-electron chi connectivity index (χ4n) is 6.85. The summed E-state index contributed by atoms with van der Waals surface area (Å²) in [5.41, 5.74) is 3.47. The summed E-state index contributed by atoms with van der Waals surface area (Å²) in [5.74, 6) is 2.96. The predicted octanol–water partition coefficient (Wildman–Crippen LogP) is 6.01. The molecule has 0 amide bonds. The van der Waals surface area contributed by atoms with E-state index in [-0.39, 0.29) is 15.5 Å². The molecule has 4 fully saturated rings. The molecule has 0 atom stereocenters. The zero-order valence-corrected chi connectivity index (χ0v) is 18.6. The van der Waals surface area contributed by atoms with Crippen LogP contribution in [0.3, 0.4) is 0 Å². The van der Waals surface area contributed by atoms with Crippen LogP contribution in [0.15, 0.2) is 12.1 Å². The minimum Gasteiger partial charge on any atom is -0.633 e. The molecule has 0 spiro atoms. The molecule has 1 aromatic rings. The lowest BCUT2D eigenvalue weighted by Gasteiger charge is -2.57. The van der Waals surface area contributed by atoms with E-state index in [0.29, 0.717) is 25.4 Å². The molecule has 156 valence electrons. The van der Waals surface area contributed by atoms with E-state index < -0.39 is 0 Å². The summed E-state index contributed by atoms with van der Waals surface area (Å²) in [6.07, 6.45) is 7.91. The molecular weight excluding hydrogens is 346 g/mol. The van der Waals surface area contributed by atoms with Crippen molar-refractivity contribution >= 4 is 0 Å². The topological polar surface area (TPSA) is 43.3 Å². The highest BCUT2D eigenvalue weighted by Gasteiger charge is 2.52. The number of hydrogen-bond donors (Lipinski definition) is 1. The van der Waals surface area contributed by atoms with Crippen LogP contribution < -0.4 is 0 Å². The van der Waals surface area contributed by atoms with E-state index >= 15 is 0 Å². The van der Waals surface area contributed by atoms with Gasteiger partial charge in [0.25, 0.3) is 0 Å². The Hall–Kier alpha value is -1.06. The van der Waals surface area contributed by atoms with Crippen LogP contribution in [0.5, 0.6) is 5.75 Å². The molecule has 4 aliphatic rings. The molecule has 0 unspecified atom stereocenters. The third kappa shape index (κ3) is 3.39. The van der Waals surface area contributed by atoms with Gasteiger partial charge in [-0.1, -0.05) is 26.8 Å². The number of benzene rings is 1. The van der Waals surface area contributed by atoms with Crippen LogP contribution in [-0.2, 0) is 17.4 Å². The second-order valence-corrected chi connectivity index (χ2v) is 11.3. The lowest BCUT2D eigenvalue weighted by atomic mass is 9.47. The normalized spacial score (nSPS) is 32.1. The third-order valence-electron chi connectivity index (χ3n) is 8.28. The first-order chi connectivity index (χ1) is 13.1. The summed E-state index contributed by atoms with van der Waals surface area (Å²) in [5, 5.41) is 24.6. The van der Waals surface area contributed by atoms with E-state index in [1.165, 1.54) is 49.7 Å². The molecule has 0 aliphatic heterocycles. The van der Waals surface area contributed by atoms with Crippen molar-refractivity contribution in [3.05, 3.63) is 34.0 Å². The average molecular weight is 386 g/mol. The van der Waals surface area contributed by atoms with Crippen molar-refractivity contribution in [2.45, 2.75) is 90.5 Å². The quantitative estimate of drug-likeness (QED) is 0.498. The largest absolute Gasteiger partial charge is 0.633 e. The maximum Gasteiger partial charge on any atom is 0.128 e. The van der Waals surface area contributed by atoms with Gasteiger partial charge in [0.2, 0.25) is 0 Å². The van der Waals surface area contributed by atoms with Gasteiger partial charge in [-0.2, -0.15) is 0 Å². The van der Waals surface area contributed by atoms with Crippen molar-refractivity contribution in [2.75, 3.05) is 13.1 Å². The van der Waals surface area contributed by atoms with Gasteiger partial charge < -0.3 is 15.0 Å². The van der Waals surface area contributed by atoms with E-state index in [2.05, 4.69) is 32.9 Å². The number of quaternary nitrogens is 1. The highest BCUT2D eigenvalue weighted by atomic mass is 16.5. The van der Waals surface area contributed by atoms with Crippen LogP contribution in [-0.4, -0.2) is 22.8 Å². The Kier molecular flexibility index (Phi) is 4.87. The first-order valence-corrected chi connectivity index (χ1v) is 11.5. The molecule has 3 heteroatoms. The van der Waals surface area contributed by atoms with Crippen molar-refractivity contribution < 1.29 is 9.75 Å². The van der Waals surface area contributed by atoms with Gasteiger partial charge in [-0.15, -0.1) is 0 Å². The smallest absolute Gasteiger partial charge is 0.128 e. The van der Waals surface area contributed by atoms with Gasteiger partial charge in [-0.25, -0.2) is 0 Å². The zero-order valence-electron chi connectivity index (χ0n) is 18.6. The van der Waals surface area contributed by atoms with E-state index in [1.807, 2.05) is 13.8 Å². The number of hydrogen-bond acceptors (Lipinski definition) is 2. The highest BCUT2D eigenvalue weighted by molar-refractivity contribution is 5.50. The van der Waals surface area contributed by atoms with Gasteiger partial charge in [0, 0.05) is 11.1 Å². The molecule has 1 N–H and O–H groups in total. The Bertz CT molecular complexity index is 706. The first-order valence-electron chi connectivity index (χ1n) is 11.5. The lowest BCUT2D eigenvalue weighted by molar-refractivity contribution is -0.890. The molecule has 3 nitrogen and oxygen atoms in total. The first kappa shape index (κ1) is 20.2. The summed E-state index contributed by atoms with van der Waals surface area (Å²) in [6, 6.07) is 4.43. The van der Waals surface area contributed by atoms with E-state index in [1.54, 1.807) is 0 Å². The molecule has 5 rings (SSSR count). The van der Waals surface area contributed by atoms with Crippen molar-refractivity contribution in [2.24, 2.45) is 17.8 Å². The molecule has 4 bridgehead atoms. The standard InChI is InChI=1S/C25H39NO2/c1-6-26(28,7-2)16-20-11-21(24(3,4)5)12-22(23(20)27)25-13-17-8-18(14-25)10-19(9-17)15-25/h11-12,17-19,27H,6-10,13-16H2,1-5H3. The van der Waals surface area contributed by atoms with Crippen molar-refractivity contribution in [1.82, 2.24) is 0 Å². The predicted molar refractivity (Wildman–Crippen MR) is 115 cm³/mol. The van der Waals surface area contributed by atoms with E-state index in [9.17, 15) is 10.3 Å². The van der Waals surface area contributed by atoms with E-state index in [0.717, 1.165) is 23.3 Å². The summed E-state index contributed by atoms with van der Waals surface area (Å²) in [6.45, 7) is 12.1. The van der Waals surface area contributed by atoms with Crippen molar-refractivity contribution in [1.29, 1.82) is 0 Å². The van der Waals surface area contributed by atoms with Gasteiger partial charge in [0.15, 0.2) is 0 Å². The highest BCUT2D eigenvalue weighted by Crippen LogP contribution is 2.62. The van der Waals surface area contributed by atoms with Crippen molar-refractivity contribution in [3.63, 3.8) is 0 Å². The molecule has 0 radical (unpaired) electrons. The maximum atomic E-state index is 13.1. The van der Waals surface area contributed by atoms with Crippen LogP contribution in [0.1, 0.15) is 89.8 Å². The Morgan fingerprint density at radius 3 is 1.93 bits per heavy atom. The van der Waals surface area contributed by atoms with Crippen LogP contribution in [0.4, 0.5) is 0 Å². The summed E-state index contributed by atoms with van der Waals surface area (Å²) in [4.78, 5) is 0. The molecule has 0 aromatic heterocycles. The molecule has 4 aliphatic carbocycles. The summed E-state index contributed by atoms with van der Waals surface area (Å²) >= 11 is 0. The number of aromatic hydroxyl groups is 1. The maximum absolute atomic E-state index is 13.1. The third-order valence-corrected chi connectivity index (χ3v) is 8.28. The fourth-order valence-corrected chi connectivity index (χ4v) is 6.85. The Balaban J connectivity index is 1.82. The minimum absolute atomic E-state index is 0.0104. The van der Waals surface area contributed by atoms with Crippen LogP contribution in [0, 0.1) is 23.0 Å². The number of phenols is 1. The molecule has 28 heavy (non-hydrogen) atoms. The second kappa shape index (κ2) is 6.74. The van der Waals surface area contributed by atoms with Crippen LogP contribution in [0.2, 0.25) is 0 Å². The zero-order chi connectivity index (χ0) is 20.3. The van der Waals surface area contributed by atoms with E-state index in [4.69, 9.17) is 0 Å². The monoisotopic (exact) mass is 385 g/mol. The molecule has 0 saturated heterocycles. The van der Waals surface area contributed by atoms with Gasteiger partial charge in [-0.05, 0) is 92.6 Å². The number of hydroxylamine groups is 3. The Morgan fingerprint density at radius 1 is 1.00 bits per heavy atom. The summed E-state index contributed by atoms with van der Waals surface area (Å²) in [7, 11) is 0. The Morgan fingerprint density at radius 2 is 1.50 bits per heavy atom. The number of nitrogens with zero attached hydrogens (tertiary/aromatic N) is 1. The second-order valence-electron chi connectivity index (χ2n) is 11.3. The Labute approximate surface area is 171 Å². The van der Waals surface area contributed by atoms with Gasteiger partial charge >= 0.3 is 0 Å². The summed E-state index contributed by atoms with van der Waals surface area (Å²) < 4.78 is -0.262. The molecular formula is C25H39NO2. The van der Waals surface area contributed by atoms with Crippen LogP contribution >= 0.6 is 0 Å².